The van der Waals surface area contributed by atoms with Gasteiger partial charge in [0, 0.05) is 6.20 Å². The van der Waals surface area contributed by atoms with Gasteiger partial charge in [-0.15, -0.1) is 0 Å². The minimum atomic E-state index is 0.0614. The summed E-state index contributed by atoms with van der Waals surface area (Å²) in [5, 5.41) is 3.63. The normalized spacial score (nSPS) is 11.0. The van der Waals surface area contributed by atoms with Crippen LogP contribution in [0.1, 0.15) is 17.2 Å². The molecule has 4 aromatic rings. The zero-order valence-corrected chi connectivity index (χ0v) is 12.5. The van der Waals surface area contributed by atoms with E-state index in [0.29, 0.717) is 0 Å². The maximum Gasteiger partial charge on any atom is 0.179 e. The van der Waals surface area contributed by atoms with Crippen molar-refractivity contribution in [2.75, 3.05) is 5.32 Å². The molecule has 0 saturated heterocycles. The first-order chi connectivity index (χ1) is 11.4. The van der Waals surface area contributed by atoms with Gasteiger partial charge in [0.25, 0.3) is 0 Å². The highest BCUT2D eigenvalue weighted by Crippen LogP contribution is 2.28. The summed E-state index contributed by atoms with van der Waals surface area (Å²) in [4.78, 5) is 11.7. The lowest BCUT2D eigenvalue weighted by molar-refractivity contribution is 0.940. The molecule has 2 heterocycles. The summed E-state index contributed by atoms with van der Waals surface area (Å²) < 4.78 is 0. The average Bonchev–Trinajstić information content (AvgIpc) is 3.11. The van der Waals surface area contributed by atoms with Crippen molar-refractivity contribution >= 4 is 16.9 Å². The van der Waals surface area contributed by atoms with Gasteiger partial charge < -0.3 is 10.3 Å². The van der Waals surface area contributed by atoms with E-state index < -0.39 is 0 Å². The molecule has 0 bridgehead atoms. The minimum absolute atomic E-state index is 0.0614. The molecule has 4 heteroatoms. The number of H-pyrrole nitrogens is 1. The third-order valence-corrected chi connectivity index (χ3v) is 3.89. The van der Waals surface area contributed by atoms with Crippen LogP contribution in [0.15, 0.2) is 79.3 Å². The van der Waals surface area contributed by atoms with Crippen LogP contribution in [0.5, 0.6) is 0 Å². The maximum atomic E-state index is 4.27. The van der Waals surface area contributed by atoms with Gasteiger partial charge in [0.1, 0.15) is 5.52 Å². The molecular weight excluding hydrogens is 284 g/mol. The SMILES string of the molecule is c1ccc(C(Nc2ccnc3nc[nH]c23)c2ccccc2)cc1. The van der Waals surface area contributed by atoms with Gasteiger partial charge in [0.05, 0.1) is 18.1 Å². The predicted octanol–water partition coefficient (Wildman–Crippen LogP) is 4.16. The van der Waals surface area contributed by atoms with Gasteiger partial charge in [0.15, 0.2) is 5.65 Å². The van der Waals surface area contributed by atoms with E-state index in [0.717, 1.165) is 16.9 Å². The van der Waals surface area contributed by atoms with Gasteiger partial charge in [-0.05, 0) is 17.2 Å². The van der Waals surface area contributed by atoms with Crippen LogP contribution < -0.4 is 5.32 Å². The molecule has 4 nitrogen and oxygen atoms in total. The highest BCUT2D eigenvalue weighted by atomic mass is 15.0. The molecule has 0 atom stereocenters. The number of nitrogens with zero attached hydrogens (tertiary/aromatic N) is 2. The fourth-order valence-electron chi connectivity index (χ4n) is 2.77. The number of nitrogens with one attached hydrogen (secondary N) is 2. The number of aromatic amines is 1. The summed E-state index contributed by atoms with van der Waals surface area (Å²) in [5.74, 6) is 0. The summed E-state index contributed by atoms with van der Waals surface area (Å²) in [5.41, 5.74) is 5.05. The van der Waals surface area contributed by atoms with Crippen LogP contribution in [-0.4, -0.2) is 15.0 Å². The topological polar surface area (TPSA) is 53.6 Å². The third-order valence-electron chi connectivity index (χ3n) is 3.89. The molecule has 0 radical (unpaired) electrons. The second-order valence-corrected chi connectivity index (χ2v) is 5.36. The Balaban J connectivity index is 1.79. The van der Waals surface area contributed by atoms with E-state index in [1.165, 1.54) is 11.1 Å². The molecule has 0 unspecified atom stereocenters. The van der Waals surface area contributed by atoms with E-state index in [9.17, 15) is 0 Å². The average molecular weight is 300 g/mol. The molecule has 2 aromatic heterocycles. The molecule has 0 aliphatic heterocycles. The first-order valence-electron chi connectivity index (χ1n) is 7.56. The van der Waals surface area contributed by atoms with Crippen molar-refractivity contribution in [3.63, 3.8) is 0 Å². The molecule has 4 rings (SSSR count). The van der Waals surface area contributed by atoms with E-state index in [1.807, 2.05) is 18.2 Å². The van der Waals surface area contributed by atoms with Crippen LogP contribution in [0.4, 0.5) is 5.69 Å². The van der Waals surface area contributed by atoms with Gasteiger partial charge in [0.2, 0.25) is 0 Å². The molecule has 2 aromatic carbocycles. The lowest BCUT2D eigenvalue weighted by atomic mass is 9.98. The summed E-state index contributed by atoms with van der Waals surface area (Å²) in [6.45, 7) is 0. The first kappa shape index (κ1) is 13.5. The van der Waals surface area contributed by atoms with Gasteiger partial charge in [-0.2, -0.15) is 0 Å². The van der Waals surface area contributed by atoms with Crippen molar-refractivity contribution in [1.82, 2.24) is 15.0 Å². The Hall–Kier alpha value is -3.14. The van der Waals surface area contributed by atoms with Crippen LogP contribution in [-0.2, 0) is 0 Å². The van der Waals surface area contributed by atoms with E-state index >= 15 is 0 Å². The van der Waals surface area contributed by atoms with Crippen LogP contribution in [0.3, 0.4) is 0 Å². The fourth-order valence-corrected chi connectivity index (χ4v) is 2.77. The molecule has 0 amide bonds. The predicted molar refractivity (Wildman–Crippen MR) is 92.2 cm³/mol. The Bertz CT molecular complexity index is 861. The van der Waals surface area contributed by atoms with E-state index in [1.54, 1.807) is 12.5 Å². The van der Waals surface area contributed by atoms with Crippen LogP contribution in [0.2, 0.25) is 0 Å². The van der Waals surface area contributed by atoms with E-state index in [2.05, 4.69) is 68.8 Å². The summed E-state index contributed by atoms with van der Waals surface area (Å²) in [7, 11) is 0. The molecule has 112 valence electrons. The number of hydrogen-bond acceptors (Lipinski definition) is 3. The molecule has 23 heavy (non-hydrogen) atoms. The number of hydrogen-bond donors (Lipinski definition) is 2. The van der Waals surface area contributed by atoms with Crippen molar-refractivity contribution in [3.05, 3.63) is 90.4 Å². The number of anilines is 1. The quantitative estimate of drug-likeness (QED) is 0.595. The number of imidazole rings is 1. The Morgan fingerprint density at radius 2 is 1.43 bits per heavy atom. The second kappa shape index (κ2) is 5.93. The molecule has 0 aliphatic carbocycles. The van der Waals surface area contributed by atoms with Crippen molar-refractivity contribution in [2.24, 2.45) is 0 Å². The zero-order chi connectivity index (χ0) is 15.5. The van der Waals surface area contributed by atoms with Crippen molar-refractivity contribution < 1.29 is 0 Å². The lowest BCUT2D eigenvalue weighted by Gasteiger charge is -2.21. The lowest BCUT2D eigenvalue weighted by Crippen LogP contribution is -2.12. The number of benzene rings is 2. The maximum absolute atomic E-state index is 4.27. The van der Waals surface area contributed by atoms with Gasteiger partial charge >= 0.3 is 0 Å². The van der Waals surface area contributed by atoms with Gasteiger partial charge in [-0.1, -0.05) is 60.7 Å². The second-order valence-electron chi connectivity index (χ2n) is 5.36. The van der Waals surface area contributed by atoms with Crippen molar-refractivity contribution in [2.45, 2.75) is 6.04 Å². The summed E-state index contributed by atoms with van der Waals surface area (Å²) >= 11 is 0. The highest BCUT2D eigenvalue weighted by Gasteiger charge is 2.15. The monoisotopic (exact) mass is 300 g/mol. The van der Waals surface area contributed by atoms with Crippen molar-refractivity contribution in [3.8, 4) is 0 Å². The third kappa shape index (κ3) is 2.66. The van der Waals surface area contributed by atoms with Gasteiger partial charge in [-0.3, -0.25) is 0 Å². The smallest absolute Gasteiger partial charge is 0.179 e. The van der Waals surface area contributed by atoms with Gasteiger partial charge in [-0.25, -0.2) is 9.97 Å². The molecule has 2 N–H and O–H groups in total. The largest absolute Gasteiger partial charge is 0.372 e. The minimum Gasteiger partial charge on any atom is -0.372 e. The first-order valence-corrected chi connectivity index (χ1v) is 7.56. The Labute approximate surface area is 134 Å². The standard InChI is InChI=1S/C19H16N4/c1-3-7-14(8-4-1)17(15-9-5-2-6-10-15)23-16-11-12-20-19-18(16)21-13-22-19/h1-13,17H,(H2,20,21,22,23). The Morgan fingerprint density at radius 3 is 2.09 bits per heavy atom. The summed E-state index contributed by atoms with van der Waals surface area (Å²) in [6.07, 6.45) is 3.45. The molecule has 0 fully saturated rings. The highest BCUT2D eigenvalue weighted by molar-refractivity contribution is 5.85. The van der Waals surface area contributed by atoms with Crippen LogP contribution in [0, 0.1) is 0 Å². The fraction of sp³-hybridized carbons (Fsp3) is 0.0526. The number of pyridine rings is 1. The van der Waals surface area contributed by atoms with Crippen LogP contribution in [0.25, 0.3) is 11.2 Å². The Kier molecular flexibility index (Phi) is 3.48. The van der Waals surface area contributed by atoms with E-state index in [4.69, 9.17) is 0 Å². The number of fused-ring (bicyclic) bond motifs is 1. The molecule has 0 saturated carbocycles. The van der Waals surface area contributed by atoms with Crippen LogP contribution >= 0.6 is 0 Å². The molecular formula is C19H16N4. The summed E-state index contributed by atoms with van der Waals surface area (Å²) in [6, 6.07) is 22.9. The zero-order valence-electron chi connectivity index (χ0n) is 12.5. The molecule has 0 aliphatic rings. The molecule has 0 spiro atoms. The van der Waals surface area contributed by atoms with E-state index in [-0.39, 0.29) is 6.04 Å². The number of rotatable bonds is 4. The Morgan fingerprint density at radius 1 is 0.783 bits per heavy atom. The number of aromatic nitrogens is 3. The van der Waals surface area contributed by atoms with Crippen molar-refractivity contribution in [1.29, 1.82) is 0 Å².